The van der Waals surface area contributed by atoms with E-state index < -0.39 is 5.82 Å². The lowest BCUT2D eigenvalue weighted by molar-refractivity contribution is -0.124. The zero-order chi connectivity index (χ0) is 12.8. The van der Waals surface area contributed by atoms with Crippen LogP contribution in [0.25, 0.3) is 0 Å². The minimum atomic E-state index is -0.463. The minimum absolute atomic E-state index is 0.0580. The molecule has 0 aliphatic carbocycles. The van der Waals surface area contributed by atoms with Crippen molar-refractivity contribution in [2.75, 3.05) is 6.54 Å². The van der Waals surface area contributed by atoms with E-state index in [0.29, 0.717) is 19.5 Å². The third-order valence-corrected chi connectivity index (χ3v) is 2.89. The number of carbonyl (C=O) groups excluding carboxylic acids is 1. The average Bonchev–Trinajstić information content (AvgIpc) is 2.32. The third kappa shape index (κ3) is 3.98. The summed E-state index contributed by atoms with van der Waals surface area (Å²) in [4.78, 5) is 11.6. The molecule has 1 unspecified atom stereocenters. The van der Waals surface area contributed by atoms with Gasteiger partial charge in [0, 0.05) is 19.0 Å². The maximum Gasteiger partial charge on any atom is 0.224 e. The van der Waals surface area contributed by atoms with Crippen molar-refractivity contribution in [3.8, 4) is 0 Å². The fourth-order valence-electron chi connectivity index (χ4n) is 1.44. The van der Waals surface area contributed by atoms with Crippen molar-refractivity contribution < 1.29 is 9.18 Å². The van der Waals surface area contributed by atoms with Crippen molar-refractivity contribution in [1.82, 2.24) is 5.32 Å². The third-order valence-electron chi connectivity index (χ3n) is 2.60. The Morgan fingerprint density at radius 2 is 2.29 bits per heavy atom. The molecule has 1 rings (SSSR count). The van der Waals surface area contributed by atoms with Crippen LogP contribution >= 0.6 is 11.6 Å². The summed E-state index contributed by atoms with van der Waals surface area (Å²) in [5, 5.41) is 2.81. The van der Waals surface area contributed by atoms with Gasteiger partial charge in [0.15, 0.2) is 0 Å². The summed E-state index contributed by atoms with van der Waals surface area (Å²) >= 11 is 5.64. The van der Waals surface area contributed by atoms with Crippen molar-refractivity contribution in [2.45, 2.75) is 19.9 Å². The van der Waals surface area contributed by atoms with Crippen LogP contribution < -0.4 is 11.1 Å². The molecular formula is C12H16ClFN2O. The quantitative estimate of drug-likeness (QED) is 0.850. The molecule has 1 amide bonds. The molecule has 94 valence electrons. The largest absolute Gasteiger partial charge is 0.352 e. The van der Waals surface area contributed by atoms with Crippen LogP contribution in [0.3, 0.4) is 0 Å². The second-order valence-corrected chi connectivity index (χ2v) is 4.21. The molecular weight excluding hydrogens is 243 g/mol. The van der Waals surface area contributed by atoms with Gasteiger partial charge in [0.2, 0.25) is 5.91 Å². The zero-order valence-electron chi connectivity index (χ0n) is 9.67. The molecule has 1 aromatic rings. The van der Waals surface area contributed by atoms with Gasteiger partial charge in [0.25, 0.3) is 0 Å². The Kier molecular flexibility index (Phi) is 5.38. The molecule has 5 heteroatoms. The van der Waals surface area contributed by atoms with Crippen LogP contribution in [0, 0.1) is 11.7 Å². The van der Waals surface area contributed by atoms with Gasteiger partial charge in [-0.2, -0.15) is 0 Å². The van der Waals surface area contributed by atoms with Gasteiger partial charge >= 0.3 is 0 Å². The highest BCUT2D eigenvalue weighted by atomic mass is 35.5. The predicted octanol–water partition coefficient (Wildman–Crippen LogP) is 2.08. The lowest BCUT2D eigenvalue weighted by Crippen LogP contribution is -2.34. The summed E-state index contributed by atoms with van der Waals surface area (Å²) in [5.41, 5.74) is 6.23. The molecule has 1 atom stereocenters. The number of hydrogen-bond acceptors (Lipinski definition) is 2. The first kappa shape index (κ1) is 13.9. The summed E-state index contributed by atoms with van der Waals surface area (Å²) < 4.78 is 12.9. The van der Waals surface area contributed by atoms with Gasteiger partial charge in [-0.15, -0.1) is 0 Å². The molecule has 3 nitrogen and oxygen atoms in total. The summed E-state index contributed by atoms with van der Waals surface area (Å²) in [6, 6.07) is 4.37. The first-order valence-electron chi connectivity index (χ1n) is 5.50. The maximum atomic E-state index is 12.9. The molecule has 0 heterocycles. The Hall–Kier alpha value is -1.13. The second-order valence-electron chi connectivity index (χ2n) is 3.81. The molecule has 0 aliphatic rings. The van der Waals surface area contributed by atoms with Crippen molar-refractivity contribution >= 4 is 17.5 Å². The van der Waals surface area contributed by atoms with Crippen LogP contribution in [0.5, 0.6) is 0 Å². The number of halogens is 2. The molecule has 1 aromatic carbocycles. The molecule has 3 N–H and O–H groups in total. The van der Waals surface area contributed by atoms with Gasteiger partial charge in [0.05, 0.1) is 5.02 Å². The lowest BCUT2D eigenvalue weighted by atomic mass is 10.1. The maximum absolute atomic E-state index is 12.9. The molecule has 0 spiro atoms. The fourth-order valence-corrected chi connectivity index (χ4v) is 1.65. The lowest BCUT2D eigenvalue weighted by Gasteiger charge is -2.12. The molecule has 0 saturated carbocycles. The van der Waals surface area contributed by atoms with Crippen LogP contribution in [0.4, 0.5) is 4.39 Å². The van der Waals surface area contributed by atoms with E-state index >= 15 is 0 Å². The van der Waals surface area contributed by atoms with E-state index in [9.17, 15) is 9.18 Å². The standard InChI is InChI=1S/C12H16ClFN2O/c1-2-9(6-15)12(17)16-7-8-3-4-11(14)10(13)5-8/h3-5,9H,2,6-7,15H2,1H3,(H,16,17). The average molecular weight is 259 g/mol. The summed E-state index contributed by atoms with van der Waals surface area (Å²) in [6.07, 6.45) is 0.701. The van der Waals surface area contributed by atoms with Crippen LogP contribution in [0.15, 0.2) is 18.2 Å². The molecule has 0 aromatic heterocycles. The number of rotatable bonds is 5. The Balaban J connectivity index is 2.55. The number of hydrogen-bond donors (Lipinski definition) is 2. The number of benzene rings is 1. The second kappa shape index (κ2) is 6.57. The molecule has 0 aliphatic heterocycles. The Morgan fingerprint density at radius 3 is 2.82 bits per heavy atom. The molecule has 0 saturated heterocycles. The van der Waals surface area contributed by atoms with Crippen LogP contribution in [0.2, 0.25) is 5.02 Å². The van der Waals surface area contributed by atoms with Gasteiger partial charge in [0.1, 0.15) is 5.82 Å². The monoisotopic (exact) mass is 258 g/mol. The van der Waals surface area contributed by atoms with E-state index in [1.165, 1.54) is 12.1 Å². The summed E-state index contributed by atoms with van der Waals surface area (Å²) in [7, 11) is 0. The van der Waals surface area contributed by atoms with Crippen molar-refractivity contribution in [3.63, 3.8) is 0 Å². The highest BCUT2D eigenvalue weighted by Crippen LogP contribution is 2.15. The normalized spacial score (nSPS) is 12.2. The van der Waals surface area contributed by atoms with Gasteiger partial charge in [-0.05, 0) is 24.1 Å². The van der Waals surface area contributed by atoms with Crippen molar-refractivity contribution in [3.05, 3.63) is 34.6 Å². The fraction of sp³-hybridized carbons (Fsp3) is 0.417. The summed E-state index contributed by atoms with van der Waals surface area (Å²) in [5.74, 6) is -0.725. The summed E-state index contributed by atoms with van der Waals surface area (Å²) in [6.45, 7) is 2.56. The van der Waals surface area contributed by atoms with Crippen molar-refractivity contribution in [2.24, 2.45) is 11.7 Å². The minimum Gasteiger partial charge on any atom is -0.352 e. The molecule has 0 radical (unpaired) electrons. The Morgan fingerprint density at radius 1 is 1.59 bits per heavy atom. The first-order valence-corrected chi connectivity index (χ1v) is 5.88. The van der Waals surface area contributed by atoms with E-state index in [1.54, 1.807) is 6.07 Å². The van der Waals surface area contributed by atoms with Gasteiger partial charge < -0.3 is 11.1 Å². The molecule has 0 bridgehead atoms. The molecule has 0 fully saturated rings. The van der Waals surface area contributed by atoms with Crippen molar-refractivity contribution in [1.29, 1.82) is 0 Å². The van der Waals surface area contributed by atoms with Gasteiger partial charge in [-0.3, -0.25) is 4.79 Å². The van der Waals surface area contributed by atoms with Gasteiger partial charge in [-0.1, -0.05) is 24.6 Å². The van der Waals surface area contributed by atoms with Crippen LogP contribution in [-0.2, 0) is 11.3 Å². The zero-order valence-corrected chi connectivity index (χ0v) is 10.4. The van der Waals surface area contributed by atoms with E-state index in [2.05, 4.69) is 5.32 Å². The van der Waals surface area contributed by atoms with E-state index in [4.69, 9.17) is 17.3 Å². The number of nitrogens with one attached hydrogen (secondary N) is 1. The topological polar surface area (TPSA) is 55.1 Å². The van der Waals surface area contributed by atoms with E-state index in [-0.39, 0.29) is 16.8 Å². The van der Waals surface area contributed by atoms with E-state index in [0.717, 1.165) is 5.56 Å². The van der Waals surface area contributed by atoms with E-state index in [1.807, 2.05) is 6.92 Å². The highest BCUT2D eigenvalue weighted by Gasteiger charge is 2.13. The Bertz CT molecular complexity index is 394. The molecule has 17 heavy (non-hydrogen) atoms. The smallest absolute Gasteiger partial charge is 0.224 e. The first-order chi connectivity index (χ1) is 8.08. The van der Waals surface area contributed by atoms with Gasteiger partial charge in [-0.25, -0.2) is 4.39 Å². The SMILES string of the molecule is CCC(CN)C(=O)NCc1ccc(F)c(Cl)c1. The van der Waals surface area contributed by atoms with Crippen LogP contribution in [0.1, 0.15) is 18.9 Å². The highest BCUT2D eigenvalue weighted by molar-refractivity contribution is 6.30. The van der Waals surface area contributed by atoms with Crippen LogP contribution in [-0.4, -0.2) is 12.5 Å². The number of amides is 1. The number of nitrogens with two attached hydrogens (primary N) is 1. The Labute approximate surface area is 105 Å². The predicted molar refractivity (Wildman–Crippen MR) is 66.1 cm³/mol. The number of carbonyl (C=O) groups is 1.